The number of amides is 2. The van der Waals surface area contributed by atoms with Crippen molar-refractivity contribution in [2.45, 2.75) is 57.2 Å². The fourth-order valence-corrected chi connectivity index (χ4v) is 4.85. The first kappa shape index (κ1) is 18.7. The van der Waals surface area contributed by atoms with Gasteiger partial charge in [0.2, 0.25) is 11.8 Å². The van der Waals surface area contributed by atoms with E-state index in [1.165, 1.54) is 0 Å². The molecule has 2 aliphatic heterocycles. The third-order valence-electron chi connectivity index (χ3n) is 6.09. The predicted octanol–water partition coefficient (Wildman–Crippen LogP) is 3.37. The van der Waals surface area contributed by atoms with Crippen LogP contribution in [0.1, 0.15) is 49.9 Å². The molecule has 0 spiro atoms. The normalized spacial score (nSPS) is 24.5. The zero-order chi connectivity index (χ0) is 19.5. The smallest absolute Gasteiger partial charge is 0.229 e. The van der Waals surface area contributed by atoms with Crippen molar-refractivity contribution in [2.75, 3.05) is 6.54 Å². The molecule has 3 heterocycles. The number of benzene rings is 1. The summed E-state index contributed by atoms with van der Waals surface area (Å²) in [7, 11) is 0. The molecule has 0 radical (unpaired) electrons. The maximum Gasteiger partial charge on any atom is 0.229 e. The summed E-state index contributed by atoms with van der Waals surface area (Å²) in [6, 6.07) is 16.1. The van der Waals surface area contributed by atoms with Crippen molar-refractivity contribution in [3.05, 3.63) is 66.0 Å². The molecule has 0 N–H and O–H groups in total. The van der Waals surface area contributed by atoms with E-state index in [1.54, 1.807) is 13.1 Å². The number of nitrogens with zero attached hydrogens (tertiary/aromatic N) is 3. The van der Waals surface area contributed by atoms with Gasteiger partial charge in [-0.3, -0.25) is 14.6 Å². The van der Waals surface area contributed by atoms with Crippen LogP contribution in [0, 0.1) is 0 Å². The van der Waals surface area contributed by atoms with Crippen molar-refractivity contribution >= 4 is 11.8 Å². The number of fused-ring (bicyclic) bond motifs is 1. The zero-order valence-corrected chi connectivity index (χ0v) is 16.3. The van der Waals surface area contributed by atoms with Crippen LogP contribution >= 0.6 is 0 Å². The Morgan fingerprint density at radius 2 is 1.82 bits per heavy atom. The third-order valence-corrected chi connectivity index (χ3v) is 6.09. The van der Waals surface area contributed by atoms with Gasteiger partial charge in [-0.05, 0) is 43.4 Å². The van der Waals surface area contributed by atoms with Gasteiger partial charge in [-0.1, -0.05) is 36.4 Å². The molecule has 2 aliphatic rings. The highest BCUT2D eigenvalue weighted by Gasteiger charge is 2.47. The molecule has 0 bridgehead atoms. The molecule has 28 heavy (non-hydrogen) atoms. The van der Waals surface area contributed by atoms with Crippen molar-refractivity contribution in [3.63, 3.8) is 0 Å². The summed E-state index contributed by atoms with van der Waals surface area (Å²) in [4.78, 5) is 34.2. The van der Waals surface area contributed by atoms with Gasteiger partial charge in [0.05, 0.1) is 24.5 Å². The monoisotopic (exact) mass is 377 g/mol. The minimum absolute atomic E-state index is 0.00682. The Balaban J connectivity index is 1.68. The van der Waals surface area contributed by atoms with E-state index in [2.05, 4.69) is 22.0 Å². The Hall–Kier alpha value is -2.69. The van der Waals surface area contributed by atoms with Crippen LogP contribution in [0.4, 0.5) is 0 Å². The van der Waals surface area contributed by atoms with Crippen molar-refractivity contribution in [3.8, 4) is 0 Å². The van der Waals surface area contributed by atoms with Crippen LogP contribution in [0.5, 0.6) is 0 Å². The van der Waals surface area contributed by atoms with Gasteiger partial charge in [0.15, 0.2) is 0 Å². The first-order valence-electron chi connectivity index (χ1n) is 10.2. The largest absolute Gasteiger partial charge is 0.338 e. The van der Waals surface area contributed by atoms with E-state index >= 15 is 0 Å². The third kappa shape index (κ3) is 3.66. The average molecular weight is 377 g/mol. The number of aromatic nitrogens is 1. The van der Waals surface area contributed by atoms with E-state index < -0.39 is 0 Å². The summed E-state index contributed by atoms with van der Waals surface area (Å²) in [6.45, 7) is 2.44. The van der Waals surface area contributed by atoms with E-state index in [4.69, 9.17) is 0 Å². The number of carbonyl (C=O) groups excluding carboxylic acids is 2. The summed E-state index contributed by atoms with van der Waals surface area (Å²) in [5.41, 5.74) is 1.94. The Bertz CT molecular complexity index is 824. The lowest BCUT2D eigenvalue weighted by molar-refractivity contribution is -0.136. The van der Waals surface area contributed by atoms with Gasteiger partial charge in [0.25, 0.3) is 0 Å². The molecule has 2 fully saturated rings. The average Bonchev–Trinajstić information content (AvgIpc) is 2.96. The maximum absolute atomic E-state index is 13.4. The quantitative estimate of drug-likeness (QED) is 0.824. The molecular formula is C23H27N3O2. The van der Waals surface area contributed by atoms with E-state index in [1.807, 2.05) is 41.3 Å². The number of pyridine rings is 1. The highest BCUT2D eigenvalue weighted by atomic mass is 16.2. The minimum atomic E-state index is 0.00682. The number of likely N-dealkylation sites (tertiary alicyclic amines) is 2. The summed E-state index contributed by atoms with van der Waals surface area (Å²) < 4.78 is 0. The molecule has 1 aromatic heterocycles. The highest BCUT2D eigenvalue weighted by Crippen LogP contribution is 2.42. The van der Waals surface area contributed by atoms with E-state index in [0.29, 0.717) is 6.42 Å². The summed E-state index contributed by atoms with van der Waals surface area (Å²) in [5.74, 6) is 0.216. The van der Waals surface area contributed by atoms with Crippen molar-refractivity contribution in [1.29, 1.82) is 0 Å². The minimum Gasteiger partial charge on any atom is -0.338 e. The number of hydrogen-bond acceptors (Lipinski definition) is 3. The SMILES string of the molecule is CC(=O)N1CCCC[C@H]2[C@H]1C[C@@H](c1ccccc1)N2C(=O)Cc1ccccn1. The van der Waals surface area contributed by atoms with Crippen LogP contribution in [-0.2, 0) is 16.0 Å². The van der Waals surface area contributed by atoms with E-state index in [-0.39, 0.29) is 29.9 Å². The Morgan fingerprint density at radius 3 is 2.54 bits per heavy atom. The predicted molar refractivity (Wildman–Crippen MR) is 107 cm³/mol. The fourth-order valence-electron chi connectivity index (χ4n) is 4.85. The summed E-state index contributed by atoms with van der Waals surface area (Å²) in [5, 5.41) is 0. The van der Waals surface area contributed by atoms with Crippen LogP contribution in [0.3, 0.4) is 0 Å². The molecule has 146 valence electrons. The Morgan fingerprint density at radius 1 is 1.04 bits per heavy atom. The molecule has 4 rings (SSSR count). The first-order valence-corrected chi connectivity index (χ1v) is 10.2. The molecule has 5 nitrogen and oxygen atoms in total. The molecule has 2 saturated heterocycles. The lowest BCUT2D eigenvalue weighted by Crippen LogP contribution is -2.47. The molecule has 2 aromatic rings. The topological polar surface area (TPSA) is 53.5 Å². The Kier molecular flexibility index (Phi) is 5.42. The molecular weight excluding hydrogens is 350 g/mol. The number of carbonyl (C=O) groups is 2. The lowest BCUT2D eigenvalue weighted by Gasteiger charge is -2.33. The maximum atomic E-state index is 13.4. The molecule has 5 heteroatoms. The van der Waals surface area contributed by atoms with Gasteiger partial charge >= 0.3 is 0 Å². The van der Waals surface area contributed by atoms with Crippen LogP contribution in [0.2, 0.25) is 0 Å². The fraction of sp³-hybridized carbons (Fsp3) is 0.435. The zero-order valence-electron chi connectivity index (χ0n) is 16.3. The van der Waals surface area contributed by atoms with Crippen LogP contribution in [0.15, 0.2) is 54.7 Å². The standard InChI is InChI=1S/C23H27N3O2/c1-17(27)25-14-8-6-12-20-22(25)16-21(18-9-3-2-4-10-18)26(20)23(28)15-19-11-5-7-13-24-19/h2-5,7,9-11,13,20-22H,6,8,12,14-16H2,1H3/t20-,21-,22+/m0/s1. The number of rotatable bonds is 3. The highest BCUT2D eigenvalue weighted by molar-refractivity contribution is 5.80. The van der Waals surface area contributed by atoms with Crippen LogP contribution in [-0.4, -0.2) is 45.2 Å². The first-order chi connectivity index (χ1) is 13.6. The van der Waals surface area contributed by atoms with E-state index in [0.717, 1.165) is 43.5 Å². The van der Waals surface area contributed by atoms with Gasteiger partial charge < -0.3 is 9.80 Å². The van der Waals surface area contributed by atoms with Gasteiger partial charge in [-0.15, -0.1) is 0 Å². The molecule has 0 aliphatic carbocycles. The summed E-state index contributed by atoms with van der Waals surface area (Å²) >= 11 is 0. The summed E-state index contributed by atoms with van der Waals surface area (Å²) in [6.07, 6.45) is 5.83. The lowest BCUT2D eigenvalue weighted by atomic mass is 10.0. The molecule has 2 amide bonds. The molecule has 3 atom stereocenters. The number of hydrogen-bond donors (Lipinski definition) is 0. The van der Waals surface area contributed by atoms with Crippen molar-refractivity contribution < 1.29 is 9.59 Å². The van der Waals surface area contributed by atoms with Gasteiger partial charge in [-0.2, -0.15) is 0 Å². The molecule has 0 unspecified atom stereocenters. The van der Waals surface area contributed by atoms with E-state index in [9.17, 15) is 9.59 Å². The molecule has 1 aromatic carbocycles. The van der Waals surface area contributed by atoms with Gasteiger partial charge in [0, 0.05) is 25.4 Å². The van der Waals surface area contributed by atoms with Crippen molar-refractivity contribution in [1.82, 2.24) is 14.8 Å². The van der Waals surface area contributed by atoms with Crippen LogP contribution < -0.4 is 0 Å². The van der Waals surface area contributed by atoms with Crippen LogP contribution in [0.25, 0.3) is 0 Å². The molecule has 0 saturated carbocycles. The van der Waals surface area contributed by atoms with Gasteiger partial charge in [-0.25, -0.2) is 0 Å². The second-order valence-electron chi connectivity index (χ2n) is 7.80. The Labute approximate surface area is 166 Å². The second kappa shape index (κ2) is 8.13. The van der Waals surface area contributed by atoms with Crippen molar-refractivity contribution in [2.24, 2.45) is 0 Å². The second-order valence-corrected chi connectivity index (χ2v) is 7.80. The van der Waals surface area contributed by atoms with Gasteiger partial charge in [0.1, 0.15) is 0 Å².